The molecule has 3 aliphatic carbocycles. The van der Waals surface area contributed by atoms with Crippen molar-refractivity contribution in [3.05, 3.63) is 179 Å². The molecule has 0 nitrogen and oxygen atoms in total. The molecular weight excluding hydrogens is 692 g/mol. The van der Waals surface area contributed by atoms with Gasteiger partial charge in [0.15, 0.2) is 0 Å². The van der Waals surface area contributed by atoms with E-state index in [-0.39, 0.29) is 19.5 Å². The quantitative estimate of drug-likeness (QED) is 0.0889. The van der Waals surface area contributed by atoms with E-state index >= 15 is 0 Å². The molecule has 0 bridgehead atoms. The average molecular weight is 733 g/mol. The van der Waals surface area contributed by atoms with E-state index < -0.39 is 15.8 Å². The summed E-state index contributed by atoms with van der Waals surface area (Å²) in [5.74, 6) is 0.312. The Kier molecular flexibility index (Phi) is 10.4. The zero-order valence-corrected chi connectivity index (χ0v) is 30.4. The molecule has 0 N–H and O–H groups in total. The summed E-state index contributed by atoms with van der Waals surface area (Å²) in [7, 11) is -1.45. The van der Waals surface area contributed by atoms with E-state index in [1.54, 1.807) is 38.8 Å². The Bertz CT molecular complexity index is 1770. The van der Waals surface area contributed by atoms with Crippen molar-refractivity contribution < 1.29 is 19.5 Å². The Morgan fingerprint density at radius 1 is 0.511 bits per heavy atom. The summed E-state index contributed by atoms with van der Waals surface area (Å²) in [5.41, 5.74) is 9.85. The van der Waals surface area contributed by atoms with E-state index in [1.807, 2.05) is 0 Å². The van der Waals surface area contributed by atoms with Crippen LogP contribution >= 0.6 is 15.8 Å². The van der Waals surface area contributed by atoms with Gasteiger partial charge < -0.3 is 0 Å². The molecule has 47 heavy (non-hydrogen) atoms. The molecule has 5 aromatic carbocycles. The Hall–Kier alpha value is -3.07. The Morgan fingerprint density at radius 2 is 1.02 bits per heavy atom. The van der Waals surface area contributed by atoms with Crippen molar-refractivity contribution in [3.63, 3.8) is 0 Å². The molecule has 0 spiro atoms. The Balaban J connectivity index is 0.00000351. The molecule has 0 aliphatic heterocycles. The van der Waals surface area contributed by atoms with Crippen molar-refractivity contribution in [1.82, 2.24) is 0 Å². The second-order valence-corrected chi connectivity index (χ2v) is 17.2. The van der Waals surface area contributed by atoms with Crippen molar-refractivity contribution in [1.29, 1.82) is 0 Å². The van der Waals surface area contributed by atoms with Gasteiger partial charge in [0, 0.05) is 0 Å². The van der Waals surface area contributed by atoms with Crippen LogP contribution in [0.4, 0.5) is 0 Å². The molecule has 0 aromatic heterocycles. The maximum atomic E-state index is 2.58. The van der Waals surface area contributed by atoms with Gasteiger partial charge >= 0.3 is 19.5 Å². The number of hydrogen-bond acceptors (Lipinski definition) is 0. The van der Waals surface area contributed by atoms with E-state index in [1.165, 1.54) is 72.6 Å². The summed E-state index contributed by atoms with van der Waals surface area (Å²) in [6, 6.07) is 50.6. The van der Waals surface area contributed by atoms with E-state index in [2.05, 4.69) is 146 Å². The summed E-state index contributed by atoms with van der Waals surface area (Å²) in [5, 5.41) is 7.36. The molecule has 0 fully saturated rings. The molecule has 8 rings (SSSR count). The SMILES string of the molecule is C1=C[C-](P(c2ccccc2)c2ccccc2)C(c2c(P(c3ccccc3)c3ccccc3)ccc3c2CCCC3)C2=C1CCCC2.[Ru+2]. The van der Waals surface area contributed by atoms with Gasteiger partial charge in [-0.25, -0.2) is 12.2 Å². The summed E-state index contributed by atoms with van der Waals surface area (Å²) < 4.78 is 0. The summed E-state index contributed by atoms with van der Waals surface area (Å²) in [4.78, 5) is 0. The van der Waals surface area contributed by atoms with Gasteiger partial charge in [-0.15, -0.1) is 13.5 Å². The van der Waals surface area contributed by atoms with Crippen LogP contribution in [-0.4, -0.2) is 0 Å². The number of fused-ring (bicyclic) bond motifs is 1. The Labute approximate surface area is 296 Å². The van der Waals surface area contributed by atoms with Crippen molar-refractivity contribution >= 4 is 42.4 Å². The van der Waals surface area contributed by atoms with Gasteiger partial charge in [-0.2, -0.15) is 5.66 Å². The summed E-state index contributed by atoms with van der Waals surface area (Å²) in [6.07, 6.45) is 15.1. The van der Waals surface area contributed by atoms with E-state index in [0.29, 0.717) is 5.92 Å². The minimum atomic E-state index is -0.731. The topological polar surface area (TPSA) is 0 Å². The minimum Gasteiger partial charge on any atom is -0.219 e. The predicted molar refractivity (Wildman–Crippen MR) is 201 cm³/mol. The second-order valence-electron chi connectivity index (χ2n) is 12.8. The van der Waals surface area contributed by atoms with Gasteiger partial charge in [0.2, 0.25) is 0 Å². The molecule has 1 atom stereocenters. The fourth-order valence-electron chi connectivity index (χ4n) is 8.00. The third-order valence-corrected chi connectivity index (χ3v) is 15.1. The van der Waals surface area contributed by atoms with E-state index in [9.17, 15) is 0 Å². The molecule has 3 heteroatoms. The van der Waals surface area contributed by atoms with Crippen LogP contribution in [-0.2, 0) is 32.3 Å². The predicted octanol–water partition coefficient (Wildman–Crippen LogP) is 9.51. The summed E-state index contributed by atoms with van der Waals surface area (Å²) in [6.45, 7) is 0. The minimum absolute atomic E-state index is 0. The summed E-state index contributed by atoms with van der Waals surface area (Å²) >= 11 is 0. The Morgan fingerprint density at radius 3 is 1.62 bits per heavy atom. The molecule has 0 amide bonds. The van der Waals surface area contributed by atoms with Gasteiger partial charge in [-0.3, -0.25) is 0 Å². The standard InChI is InChI=1S/C44H41P2.Ru/c1-5-19-35(20-6-1)45(36-21-7-2-8-22-36)41-31-29-33-17-13-15-27-39(33)43(41)44-40-28-16-14-18-34(40)30-32-42(44)46(37-23-9-3-10-24-37)38-25-11-4-12-26-38;/h1-12,19-26,29-32,43H,13-18,27-28H2;/q-1;+2. The number of rotatable bonds is 7. The van der Waals surface area contributed by atoms with Crippen LogP contribution in [0.2, 0.25) is 0 Å². The van der Waals surface area contributed by atoms with Crippen LogP contribution in [0.15, 0.2) is 157 Å². The van der Waals surface area contributed by atoms with E-state index in [4.69, 9.17) is 0 Å². The molecule has 0 saturated carbocycles. The van der Waals surface area contributed by atoms with Gasteiger partial charge in [-0.1, -0.05) is 145 Å². The van der Waals surface area contributed by atoms with Gasteiger partial charge in [0.25, 0.3) is 0 Å². The fraction of sp³-hybridized carbons (Fsp3) is 0.205. The molecule has 0 saturated heterocycles. The molecule has 234 valence electrons. The average Bonchev–Trinajstić information content (AvgIpc) is 3.14. The maximum Gasteiger partial charge on any atom is 2.00 e. The third kappa shape index (κ3) is 6.53. The van der Waals surface area contributed by atoms with Crippen LogP contribution in [0.3, 0.4) is 0 Å². The monoisotopic (exact) mass is 733 g/mol. The zero-order chi connectivity index (χ0) is 30.7. The van der Waals surface area contributed by atoms with Crippen LogP contribution in [0, 0.1) is 5.66 Å². The first-order chi connectivity index (χ1) is 22.9. The largest absolute Gasteiger partial charge is 2.00 e. The molecule has 3 aliphatic rings. The van der Waals surface area contributed by atoms with Gasteiger partial charge in [0.1, 0.15) is 0 Å². The van der Waals surface area contributed by atoms with Crippen molar-refractivity contribution in [2.24, 2.45) is 0 Å². The van der Waals surface area contributed by atoms with Crippen LogP contribution in [0.1, 0.15) is 61.1 Å². The number of allylic oxidation sites excluding steroid dienone is 4. The first-order valence-electron chi connectivity index (χ1n) is 17.1. The van der Waals surface area contributed by atoms with Gasteiger partial charge in [-0.05, 0) is 102 Å². The maximum absolute atomic E-state index is 2.58. The number of aryl methyl sites for hydroxylation is 1. The zero-order valence-electron chi connectivity index (χ0n) is 26.8. The number of hydrogen-bond donors (Lipinski definition) is 0. The second kappa shape index (κ2) is 15.0. The molecule has 1 unspecified atom stereocenters. The van der Waals surface area contributed by atoms with Crippen molar-refractivity contribution in [2.75, 3.05) is 0 Å². The molecule has 0 radical (unpaired) electrons. The van der Waals surface area contributed by atoms with Crippen LogP contribution in [0.5, 0.6) is 0 Å². The molecule has 5 aromatic rings. The molecule has 0 heterocycles. The van der Waals surface area contributed by atoms with Crippen molar-refractivity contribution in [2.45, 2.75) is 57.3 Å². The fourth-order valence-corrected chi connectivity index (χ4v) is 13.1. The van der Waals surface area contributed by atoms with Crippen LogP contribution < -0.4 is 26.5 Å². The van der Waals surface area contributed by atoms with E-state index in [0.717, 1.165) is 0 Å². The third-order valence-electron chi connectivity index (χ3n) is 10.1. The normalized spacial score (nSPS) is 17.3. The van der Waals surface area contributed by atoms with Crippen molar-refractivity contribution in [3.8, 4) is 0 Å². The van der Waals surface area contributed by atoms with Crippen LogP contribution in [0.25, 0.3) is 0 Å². The smallest absolute Gasteiger partial charge is 0.219 e. The first-order valence-corrected chi connectivity index (χ1v) is 19.8. The first kappa shape index (κ1) is 32.5. The number of benzene rings is 5. The van der Waals surface area contributed by atoms with Gasteiger partial charge in [0.05, 0.1) is 0 Å². The molecular formula is C44H41P2Ru+.